The third-order valence-corrected chi connectivity index (χ3v) is 4.49. The van der Waals surface area contributed by atoms with Crippen molar-refractivity contribution in [3.8, 4) is 5.75 Å². The molecule has 3 rings (SSSR count). The van der Waals surface area contributed by atoms with Crippen LogP contribution in [0.25, 0.3) is 0 Å². The number of ether oxygens (including phenoxy) is 1. The number of anilines is 1. The molecule has 0 radical (unpaired) electrons. The Morgan fingerprint density at radius 1 is 1.12 bits per heavy atom. The Labute approximate surface area is 141 Å². The molecule has 1 heterocycles. The SMILES string of the molecule is COc1ccc(Cc2nnc(NC3CCCCCC3)[nH]c2=O)cc1. The van der Waals surface area contributed by atoms with Gasteiger partial charge in [-0.1, -0.05) is 37.8 Å². The molecule has 0 amide bonds. The van der Waals surface area contributed by atoms with E-state index in [1.807, 2.05) is 24.3 Å². The minimum atomic E-state index is -0.183. The first-order chi connectivity index (χ1) is 11.7. The van der Waals surface area contributed by atoms with E-state index in [-0.39, 0.29) is 5.56 Å². The number of methoxy groups -OCH3 is 1. The predicted molar refractivity (Wildman–Crippen MR) is 93.6 cm³/mol. The summed E-state index contributed by atoms with van der Waals surface area (Å²) in [6, 6.07) is 7.98. The third-order valence-electron chi connectivity index (χ3n) is 4.49. The standard InChI is InChI=1S/C18H24N4O2/c1-24-15-10-8-13(9-11-15)12-16-17(23)20-18(22-21-16)19-14-6-4-2-3-5-7-14/h8-11,14H,2-7,12H2,1H3,(H2,19,20,22,23). The van der Waals surface area contributed by atoms with Crippen molar-refractivity contribution < 1.29 is 4.74 Å². The number of nitrogens with zero attached hydrogens (tertiary/aromatic N) is 2. The summed E-state index contributed by atoms with van der Waals surface area (Å²) in [5.41, 5.74) is 1.24. The summed E-state index contributed by atoms with van der Waals surface area (Å²) in [6.45, 7) is 0. The Morgan fingerprint density at radius 3 is 2.46 bits per heavy atom. The summed E-state index contributed by atoms with van der Waals surface area (Å²) < 4.78 is 5.14. The molecule has 2 aromatic rings. The van der Waals surface area contributed by atoms with Crippen LogP contribution in [0.2, 0.25) is 0 Å². The molecular weight excluding hydrogens is 304 g/mol. The maximum atomic E-state index is 12.3. The fourth-order valence-electron chi connectivity index (χ4n) is 3.09. The Kier molecular flexibility index (Phi) is 5.46. The third kappa shape index (κ3) is 4.34. The highest BCUT2D eigenvalue weighted by Crippen LogP contribution is 2.19. The molecule has 2 N–H and O–H groups in total. The van der Waals surface area contributed by atoms with E-state index in [0.717, 1.165) is 24.2 Å². The first-order valence-electron chi connectivity index (χ1n) is 8.60. The van der Waals surface area contributed by atoms with Crippen LogP contribution in [0.4, 0.5) is 5.95 Å². The molecule has 1 saturated carbocycles. The Balaban J connectivity index is 1.66. The Morgan fingerprint density at radius 2 is 1.83 bits per heavy atom. The summed E-state index contributed by atoms with van der Waals surface area (Å²) >= 11 is 0. The summed E-state index contributed by atoms with van der Waals surface area (Å²) in [5, 5.41) is 11.6. The van der Waals surface area contributed by atoms with Gasteiger partial charge in [0.15, 0.2) is 0 Å². The summed E-state index contributed by atoms with van der Waals surface area (Å²) in [4.78, 5) is 15.1. The predicted octanol–water partition coefficient (Wildman–Crippen LogP) is 2.90. The molecule has 6 nitrogen and oxygen atoms in total. The van der Waals surface area contributed by atoms with Crippen molar-refractivity contribution in [3.63, 3.8) is 0 Å². The summed E-state index contributed by atoms with van der Waals surface area (Å²) in [7, 11) is 1.63. The second kappa shape index (κ2) is 7.95. The molecule has 0 atom stereocenters. The molecule has 0 bridgehead atoms. The Bertz CT molecular complexity index is 704. The molecule has 0 unspecified atom stereocenters. The van der Waals surface area contributed by atoms with Crippen molar-refractivity contribution in [2.24, 2.45) is 0 Å². The van der Waals surface area contributed by atoms with Crippen LogP contribution < -0.4 is 15.6 Å². The zero-order valence-corrected chi connectivity index (χ0v) is 14.0. The number of nitrogens with one attached hydrogen (secondary N) is 2. The van der Waals surface area contributed by atoms with E-state index in [2.05, 4.69) is 20.5 Å². The second-order valence-electron chi connectivity index (χ2n) is 6.31. The molecule has 1 fully saturated rings. The largest absolute Gasteiger partial charge is 0.497 e. The van der Waals surface area contributed by atoms with Gasteiger partial charge in [-0.2, -0.15) is 0 Å². The van der Waals surface area contributed by atoms with Gasteiger partial charge in [0.1, 0.15) is 11.4 Å². The van der Waals surface area contributed by atoms with E-state index < -0.39 is 0 Å². The van der Waals surface area contributed by atoms with Crippen LogP contribution in [-0.4, -0.2) is 28.3 Å². The first-order valence-corrected chi connectivity index (χ1v) is 8.60. The highest BCUT2D eigenvalue weighted by molar-refractivity contribution is 5.30. The van der Waals surface area contributed by atoms with Gasteiger partial charge in [-0.15, -0.1) is 10.2 Å². The molecule has 0 aliphatic heterocycles. The van der Waals surface area contributed by atoms with Gasteiger partial charge in [-0.25, -0.2) is 0 Å². The van der Waals surface area contributed by atoms with E-state index in [9.17, 15) is 4.79 Å². The van der Waals surface area contributed by atoms with Crippen molar-refractivity contribution in [2.75, 3.05) is 12.4 Å². The van der Waals surface area contributed by atoms with Crippen LogP contribution in [-0.2, 0) is 6.42 Å². The van der Waals surface area contributed by atoms with Gasteiger partial charge in [-0.3, -0.25) is 9.78 Å². The maximum absolute atomic E-state index is 12.3. The van der Waals surface area contributed by atoms with Gasteiger partial charge < -0.3 is 10.1 Å². The lowest BCUT2D eigenvalue weighted by Crippen LogP contribution is -2.25. The molecule has 1 aromatic carbocycles. The molecule has 0 spiro atoms. The van der Waals surface area contributed by atoms with Gasteiger partial charge in [0, 0.05) is 12.5 Å². The number of aromatic amines is 1. The van der Waals surface area contributed by atoms with Crippen LogP contribution in [0, 0.1) is 0 Å². The molecule has 1 aliphatic rings. The van der Waals surface area contributed by atoms with Crippen molar-refractivity contribution >= 4 is 5.95 Å². The quantitative estimate of drug-likeness (QED) is 0.825. The smallest absolute Gasteiger partial charge is 0.274 e. The van der Waals surface area contributed by atoms with Crippen molar-refractivity contribution in [3.05, 3.63) is 45.9 Å². The zero-order chi connectivity index (χ0) is 16.8. The van der Waals surface area contributed by atoms with Gasteiger partial charge in [0.05, 0.1) is 7.11 Å². The van der Waals surface area contributed by atoms with Crippen molar-refractivity contribution in [1.82, 2.24) is 15.2 Å². The number of hydrogen-bond donors (Lipinski definition) is 2. The highest BCUT2D eigenvalue weighted by atomic mass is 16.5. The van der Waals surface area contributed by atoms with E-state index in [1.54, 1.807) is 7.11 Å². The van der Waals surface area contributed by atoms with E-state index in [4.69, 9.17) is 4.74 Å². The van der Waals surface area contributed by atoms with Crippen molar-refractivity contribution in [2.45, 2.75) is 51.0 Å². The summed E-state index contributed by atoms with van der Waals surface area (Å²) in [5.74, 6) is 1.27. The molecule has 1 aromatic heterocycles. The van der Waals surface area contributed by atoms with Crippen molar-refractivity contribution in [1.29, 1.82) is 0 Å². The number of aromatic nitrogens is 3. The highest BCUT2D eigenvalue weighted by Gasteiger charge is 2.14. The number of rotatable bonds is 5. The van der Waals surface area contributed by atoms with Crippen LogP contribution in [0.3, 0.4) is 0 Å². The minimum Gasteiger partial charge on any atom is -0.497 e. The lowest BCUT2D eigenvalue weighted by atomic mass is 10.1. The zero-order valence-electron chi connectivity index (χ0n) is 14.0. The number of H-pyrrole nitrogens is 1. The average molecular weight is 328 g/mol. The second-order valence-corrected chi connectivity index (χ2v) is 6.31. The number of benzene rings is 1. The lowest BCUT2D eigenvalue weighted by Gasteiger charge is -2.15. The van der Waals surface area contributed by atoms with Gasteiger partial charge >= 0.3 is 0 Å². The Hall–Kier alpha value is -2.37. The average Bonchev–Trinajstić information content (AvgIpc) is 2.87. The normalized spacial score (nSPS) is 15.7. The maximum Gasteiger partial charge on any atom is 0.274 e. The van der Waals surface area contributed by atoms with Gasteiger partial charge in [0.2, 0.25) is 5.95 Å². The van der Waals surface area contributed by atoms with Crippen LogP contribution in [0.5, 0.6) is 5.75 Å². The fourth-order valence-corrected chi connectivity index (χ4v) is 3.09. The summed E-state index contributed by atoms with van der Waals surface area (Å²) in [6.07, 6.45) is 7.74. The minimum absolute atomic E-state index is 0.183. The molecular formula is C18H24N4O2. The monoisotopic (exact) mass is 328 g/mol. The van der Waals surface area contributed by atoms with E-state index >= 15 is 0 Å². The molecule has 1 aliphatic carbocycles. The first kappa shape index (κ1) is 16.5. The molecule has 128 valence electrons. The van der Waals surface area contributed by atoms with E-state index in [0.29, 0.717) is 24.1 Å². The van der Waals surface area contributed by atoms with Crippen LogP contribution in [0.1, 0.15) is 49.8 Å². The van der Waals surface area contributed by atoms with E-state index in [1.165, 1.54) is 25.7 Å². The fraction of sp³-hybridized carbons (Fsp3) is 0.500. The van der Waals surface area contributed by atoms with Crippen LogP contribution >= 0.6 is 0 Å². The van der Waals surface area contributed by atoms with Gasteiger partial charge in [0.25, 0.3) is 5.56 Å². The lowest BCUT2D eigenvalue weighted by molar-refractivity contribution is 0.414. The molecule has 0 saturated heterocycles. The molecule has 24 heavy (non-hydrogen) atoms. The number of hydrogen-bond acceptors (Lipinski definition) is 5. The van der Waals surface area contributed by atoms with Crippen LogP contribution in [0.15, 0.2) is 29.1 Å². The van der Waals surface area contributed by atoms with Gasteiger partial charge in [-0.05, 0) is 30.5 Å². The topological polar surface area (TPSA) is 79.9 Å². The molecule has 6 heteroatoms.